The van der Waals surface area contributed by atoms with Gasteiger partial charge in [-0.15, -0.1) is 0 Å². The Morgan fingerprint density at radius 3 is 2.47 bits per heavy atom. The SMILES string of the molecule is CCC1CC12CC(C)CC(COC(=O)COc1ccc(Nc3ccccc3)cc1)C2. The third-order valence-electron chi connectivity index (χ3n) is 6.79. The molecule has 2 fully saturated rings. The average Bonchev–Trinajstić information content (AvgIpc) is 3.42. The Hall–Kier alpha value is -2.49. The smallest absolute Gasteiger partial charge is 0.344 e. The number of benzene rings is 2. The van der Waals surface area contributed by atoms with Gasteiger partial charge in [-0.2, -0.15) is 0 Å². The molecule has 1 spiro atoms. The zero-order chi connectivity index (χ0) is 21.0. The number of carbonyl (C=O) groups excluding carboxylic acids is 1. The lowest BCUT2D eigenvalue weighted by Gasteiger charge is -2.34. The minimum Gasteiger partial charge on any atom is -0.482 e. The van der Waals surface area contributed by atoms with Gasteiger partial charge in [0.15, 0.2) is 6.61 Å². The maximum absolute atomic E-state index is 12.2. The van der Waals surface area contributed by atoms with E-state index in [4.69, 9.17) is 9.47 Å². The molecule has 0 bridgehead atoms. The zero-order valence-corrected chi connectivity index (χ0v) is 18.1. The summed E-state index contributed by atoms with van der Waals surface area (Å²) in [4.78, 5) is 12.2. The topological polar surface area (TPSA) is 47.6 Å². The van der Waals surface area contributed by atoms with Crippen LogP contribution in [0.5, 0.6) is 5.75 Å². The van der Waals surface area contributed by atoms with Crippen LogP contribution in [0.15, 0.2) is 54.6 Å². The van der Waals surface area contributed by atoms with Crippen molar-refractivity contribution in [2.24, 2.45) is 23.2 Å². The fourth-order valence-corrected chi connectivity index (χ4v) is 5.44. The van der Waals surface area contributed by atoms with Crippen LogP contribution in [0.1, 0.15) is 46.0 Å². The Morgan fingerprint density at radius 1 is 1.03 bits per heavy atom. The first-order valence-electron chi connectivity index (χ1n) is 11.3. The fourth-order valence-electron chi connectivity index (χ4n) is 5.44. The molecule has 0 aromatic heterocycles. The van der Waals surface area contributed by atoms with Crippen molar-refractivity contribution in [3.8, 4) is 5.75 Å². The van der Waals surface area contributed by atoms with E-state index in [-0.39, 0.29) is 12.6 Å². The Morgan fingerprint density at radius 2 is 1.77 bits per heavy atom. The minimum atomic E-state index is -0.281. The number of esters is 1. The maximum Gasteiger partial charge on any atom is 0.344 e. The number of rotatable bonds is 8. The highest BCUT2D eigenvalue weighted by Gasteiger charge is 2.55. The van der Waals surface area contributed by atoms with Gasteiger partial charge >= 0.3 is 5.97 Å². The predicted molar refractivity (Wildman–Crippen MR) is 120 cm³/mol. The van der Waals surface area contributed by atoms with Gasteiger partial charge in [0.05, 0.1) is 6.61 Å². The van der Waals surface area contributed by atoms with Gasteiger partial charge in [0.25, 0.3) is 0 Å². The summed E-state index contributed by atoms with van der Waals surface area (Å²) in [6, 6.07) is 17.6. The molecule has 4 heteroatoms. The van der Waals surface area contributed by atoms with Crippen molar-refractivity contribution in [1.82, 2.24) is 0 Å². The van der Waals surface area contributed by atoms with E-state index < -0.39 is 0 Å². The number of hydrogen-bond donors (Lipinski definition) is 1. The second-order valence-electron chi connectivity index (χ2n) is 9.27. The van der Waals surface area contributed by atoms with E-state index >= 15 is 0 Å². The van der Waals surface area contributed by atoms with Crippen LogP contribution in [0.3, 0.4) is 0 Å². The van der Waals surface area contributed by atoms with Gasteiger partial charge in [0.1, 0.15) is 5.75 Å². The van der Waals surface area contributed by atoms with Gasteiger partial charge in [-0.3, -0.25) is 0 Å². The van der Waals surface area contributed by atoms with Gasteiger partial charge in [0.2, 0.25) is 0 Å². The van der Waals surface area contributed by atoms with Crippen molar-refractivity contribution >= 4 is 17.3 Å². The summed E-state index contributed by atoms with van der Waals surface area (Å²) in [5, 5.41) is 3.33. The van der Waals surface area contributed by atoms with E-state index in [1.54, 1.807) is 0 Å². The lowest BCUT2D eigenvalue weighted by molar-refractivity contribution is -0.148. The van der Waals surface area contributed by atoms with Crippen LogP contribution in [0, 0.1) is 23.2 Å². The summed E-state index contributed by atoms with van der Waals surface area (Å²) in [6.07, 6.45) is 6.40. The quantitative estimate of drug-likeness (QED) is 0.529. The van der Waals surface area contributed by atoms with Crippen molar-refractivity contribution in [3.63, 3.8) is 0 Å². The summed E-state index contributed by atoms with van der Waals surface area (Å²) in [6.45, 7) is 5.14. The minimum absolute atomic E-state index is 0.0452. The first-order chi connectivity index (χ1) is 14.6. The Labute approximate surface area is 180 Å². The molecule has 2 saturated carbocycles. The number of ether oxygens (including phenoxy) is 2. The number of anilines is 2. The molecule has 4 atom stereocenters. The first kappa shape index (κ1) is 20.8. The Kier molecular flexibility index (Phi) is 6.31. The van der Waals surface area contributed by atoms with E-state index in [2.05, 4.69) is 19.2 Å². The zero-order valence-electron chi connectivity index (χ0n) is 18.1. The molecule has 160 valence electrons. The van der Waals surface area contributed by atoms with Crippen molar-refractivity contribution in [1.29, 1.82) is 0 Å². The number of hydrogen-bond acceptors (Lipinski definition) is 4. The summed E-state index contributed by atoms with van der Waals surface area (Å²) < 4.78 is 11.2. The largest absolute Gasteiger partial charge is 0.482 e. The first-order valence-corrected chi connectivity index (χ1v) is 11.3. The monoisotopic (exact) mass is 407 g/mol. The number of nitrogens with one attached hydrogen (secondary N) is 1. The van der Waals surface area contributed by atoms with Crippen LogP contribution < -0.4 is 10.1 Å². The van der Waals surface area contributed by atoms with Crippen LogP contribution in [-0.2, 0) is 9.53 Å². The average molecular weight is 408 g/mol. The molecule has 4 unspecified atom stereocenters. The highest BCUT2D eigenvalue weighted by molar-refractivity contribution is 5.71. The molecule has 2 aromatic rings. The molecular formula is C26H33NO3. The van der Waals surface area contributed by atoms with Gasteiger partial charge in [-0.05, 0) is 85.3 Å². The second-order valence-corrected chi connectivity index (χ2v) is 9.27. The summed E-state index contributed by atoms with van der Waals surface area (Å²) in [7, 11) is 0. The molecule has 1 N–H and O–H groups in total. The van der Waals surface area contributed by atoms with E-state index in [1.807, 2.05) is 54.6 Å². The molecular weight excluding hydrogens is 374 g/mol. The van der Waals surface area contributed by atoms with Crippen LogP contribution in [0.25, 0.3) is 0 Å². The van der Waals surface area contributed by atoms with E-state index in [0.717, 1.165) is 23.2 Å². The van der Waals surface area contributed by atoms with Gasteiger partial charge in [0, 0.05) is 11.4 Å². The molecule has 4 rings (SSSR count). The molecule has 4 nitrogen and oxygen atoms in total. The highest BCUT2D eigenvalue weighted by Crippen LogP contribution is 2.64. The second kappa shape index (κ2) is 9.11. The van der Waals surface area contributed by atoms with Crippen LogP contribution >= 0.6 is 0 Å². The summed E-state index contributed by atoms with van der Waals surface area (Å²) >= 11 is 0. The van der Waals surface area contributed by atoms with Crippen LogP contribution in [-0.4, -0.2) is 19.2 Å². The molecule has 0 heterocycles. The number of carbonyl (C=O) groups is 1. The summed E-state index contributed by atoms with van der Waals surface area (Å²) in [5.41, 5.74) is 2.56. The summed E-state index contributed by atoms with van der Waals surface area (Å²) in [5.74, 6) is 2.51. The Bertz CT molecular complexity index is 835. The van der Waals surface area contributed by atoms with Crippen molar-refractivity contribution in [2.75, 3.05) is 18.5 Å². The van der Waals surface area contributed by atoms with E-state index in [9.17, 15) is 4.79 Å². The normalized spacial score (nSPS) is 27.5. The fraction of sp³-hybridized carbons (Fsp3) is 0.500. The third-order valence-corrected chi connectivity index (χ3v) is 6.79. The number of para-hydroxylation sites is 1. The molecule has 0 radical (unpaired) electrons. The molecule has 2 aromatic carbocycles. The van der Waals surface area contributed by atoms with E-state index in [0.29, 0.717) is 23.7 Å². The predicted octanol–water partition coefficient (Wildman–Crippen LogP) is 6.20. The third kappa shape index (κ3) is 5.16. The standard InChI is InChI=1S/C26H33NO3/c1-3-21-16-26(21)14-19(2)13-20(15-26)17-30-25(28)18-29-24-11-9-23(10-12-24)27-22-7-5-4-6-8-22/h4-12,19-21,27H,3,13-18H2,1-2H3. The maximum atomic E-state index is 12.2. The van der Waals surface area contributed by atoms with Crippen molar-refractivity contribution in [3.05, 3.63) is 54.6 Å². The molecule has 30 heavy (non-hydrogen) atoms. The van der Waals surface area contributed by atoms with Gasteiger partial charge < -0.3 is 14.8 Å². The van der Waals surface area contributed by atoms with Crippen LogP contribution in [0.4, 0.5) is 11.4 Å². The van der Waals surface area contributed by atoms with Gasteiger partial charge in [-0.25, -0.2) is 4.79 Å². The molecule has 2 aliphatic carbocycles. The molecule has 2 aliphatic rings. The van der Waals surface area contributed by atoms with Crippen molar-refractivity contribution < 1.29 is 14.3 Å². The Balaban J connectivity index is 1.19. The van der Waals surface area contributed by atoms with Crippen LogP contribution in [0.2, 0.25) is 0 Å². The van der Waals surface area contributed by atoms with Crippen molar-refractivity contribution in [2.45, 2.75) is 46.0 Å². The molecule has 0 amide bonds. The molecule has 0 aliphatic heterocycles. The molecule has 0 saturated heterocycles. The van der Waals surface area contributed by atoms with E-state index in [1.165, 1.54) is 32.1 Å². The lowest BCUT2D eigenvalue weighted by Crippen LogP contribution is -2.28. The lowest BCUT2D eigenvalue weighted by atomic mass is 9.72. The highest BCUT2D eigenvalue weighted by atomic mass is 16.6. The van der Waals surface area contributed by atoms with Gasteiger partial charge in [-0.1, -0.05) is 38.5 Å².